The molecular weight excluding hydrogens is 389 g/mol. The van der Waals surface area contributed by atoms with Gasteiger partial charge in [-0.1, -0.05) is 53.0 Å². The van der Waals surface area contributed by atoms with Crippen LogP contribution in [0.4, 0.5) is 0 Å². The van der Waals surface area contributed by atoms with Crippen LogP contribution in [0.15, 0.2) is 54.7 Å². The van der Waals surface area contributed by atoms with Crippen molar-refractivity contribution in [3.8, 4) is 5.69 Å². The molecule has 2 N–H and O–H groups in total. The van der Waals surface area contributed by atoms with Crippen molar-refractivity contribution in [2.24, 2.45) is 0 Å². The number of carbonyl (C=O) groups is 2. The van der Waals surface area contributed by atoms with Gasteiger partial charge in [0.2, 0.25) is 0 Å². The third kappa shape index (κ3) is 4.30. The Morgan fingerprint density at radius 2 is 1.93 bits per heavy atom. The fraction of sp³-hybridized carbons (Fsp3) is 0.105. The van der Waals surface area contributed by atoms with E-state index in [2.05, 4.69) is 10.4 Å². The number of nitrogens with one attached hydrogen (secondary N) is 1. The molecule has 3 aromatic rings. The minimum Gasteiger partial charge on any atom is -0.479 e. The molecule has 0 saturated heterocycles. The third-order valence-electron chi connectivity index (χ3n) is 3.88. The Kier molecular flexibility index (Phi) is 5.48. The zero-order chi connectivity index (χ0) is 19.6. The largest absolute Gasteiger partial charge is 0.479 e. The predicted octanol–water partition coefficient (Wildman–Crippen LogP) is 4.04. The summed E-state index contributed by atoms with van der Waals surface area (Å²) in [7, 11) is 0. The number of carboxylic acids is 1. The number of carbonyl (C=O) groups excluding carboxylic acids is 1. The van der Waals surface area contributed by atoms with E-state index in [-0.39, 0.29) is 5.69 Å². The summed E-state index contributed by atoms with van der Waals surface area (Å²) in [6.45, 7) is 1.85. The van der Waals surface area contributed by atoms with Crippen LogP contribution >= 0.6 is 23.2 Å². The van der Waals surface area contributed by atoms with E-state index in [0.29, 0.717) is 21.3 Å². The first-order valence-electron chi connectivity index (χ1n) is 7.96. The molecule has 0 radical (unpaired) electrons. The molecule has 1 unspecified atom stereocenters. The van der Waals surface area contributed by atoms with E-state index in [9.17, 15) is 14.7 Å². The molecular formula is C19H15Cl2N3O3. The Morgan fingerprint density at radius 3 is 2.59 bits per heavy atom. The quantitative estimate of drug-likeness (QED) is 0.672. The van der Waals surface area contributed by atoms with Crippen molar-refractivity contribution in [3.05, 3.63) is 81.6 Å². The third-order valence-corrected chi connectivity index (χ3v) is 4.41. The van der Waals surface area contributed by atoms with Gasteiger partial charge in [0.05, 0.1) is 10.7 Å². The Balaban J connectivity index is 1.83. The summed E-state index contributed by atoms with van der Waals surface area (Å²) in [5.41, 5.74) is 2.00. The molecule has 0 aliphatic rings. The Morgan fingerprint density at radius 1 is 1.15 bits per heavy atom. The van der Waals surface area contributed by atoms with Crippen molar-refractivity contribution in [2.45, 2.75) is 13.0 Å². The second kappa shape index (κ2) is 7.82. The maximum absolute atomic E-state index is 12.5. The van der Waals surface area contributed by atoms with Gasteiger partial charge in [-0.15, -0.1) is 0 Å². The van der Waals surface area contributed by atoms with Crippen molar-refractivity contribution < 1.29 is 14.7 Å². The standard InChI is InChI=1S/C19H15Cl2N3O3/c1-11-3-2-4-12(9-11)17(19(26)27)22-18(25)15-7-8-24(23-15)16-6-5-13(20)10-14(16)21/h2-10,17H,1H3,(H,22,25)(H,26,27). The molecule has 1 atom stereocenters. The van der Waals surface area contributed by atoms with Gasteiger partial charge >= 0.3 is 5.97 Å². The maximum Gasteiger partial charge on any atom is 0.330 e. The Hall–Kier alpha value is -2.83. The van der Waals surface area contributed by atoms with Gasteiger partial charge in [-0.2, -0.15) is 5.10 Å². The van der Waals surface area contributed by atoms with E-state index >= 15 is 0 Å². The first-order chi connectivity index (χ1) is 12.8. The predicted molar refractivity (Wildman–Crippen MR) is 103 cm³/mol. The highest BCUT2D eigenvalue weighted by Gasteiger charge is 2.24. The summed E-state index contributed by atoms with van der Waals surface area (Å²) in [6, 6.07) is 12.2. The van der Waals surface area contributed by atoms with Gasteiger partial charge in [-0.3, -0.25) is 4.79 Å². The van der Waals surface area contributed by atoms with Crippen LogP contribution in [0.3, 0.4) is 0 Å². The minimum atomic E-state index is -1.18. The minimum absolute atomic E-state index is 0.0694. The van der Waals surface area contributed by atoms with E-state index < -0.39 is 17.9 Å². The topological polar surface area (TPSA) is 84.2 Å². The number of nitrogens with zero attached hydrogens (tertiary/aromatic N) is 2. The zero-order valence-electron chi connectivity index (χ0n) is 14.2. The highest BCUT2D eigenvalue weighted by molar-refractivity contribution is 6.35. The number of hydrogen-bond donors (Lipinski definition) is 2. The number of aryl methyl sites for hydroxylation is 1. The van der Waals surface area contributed by atoms with Gasteiger partial charge in [0.1, 0.15) is 0 Å². The van der Waals surface area contributed by atoms with Crippen LogP contribution in [0.1, 0.15) is 27.7 Å². The van der Waals surface area contributed by atoms with Crippen molar-refractivity contribution in [3.63, 3.8) is 0 Å². The van der Waals surface area contributed by atoms with Gasteiger partial charge in [0.25, 0.3) is 5.91 Å². The van der Waals surface area contributed by atoms with E-state index in [4.69, 9.17) is 23.2 Å². The number of aromatic nitrogens is 2. The Bertz CT molecular complexity index is 1020. The molecule has 3 rings (SSSR count). The average molecular weight is 404 g/mol. The van der Waals surface area contributed by atoms with Crippen LogP contribution in [0.5, 0.6) is 0 Å². The van der Waals surface area contributed by atoms with E-state index in [1.807, 2.05) is 13.0 Å². The lowest BCUT2D eigenvalue weighted by atomic mass is 10.0. The normalized spacial score (nSPS) is 11.8. The molecule has 1 heterocycles. The van der Waals surface area contributed by atoms with Crippen LogP contribution in [0.2, 0.25) is 10.0 Å². The smallest absolute Gasteiger partial charge is 0.330 e. The second-order valence-electron chi connectivity index (χ2n) is 5.90. The molecule has 0 bridgehead atoms. The summed E-state index contributed by atoms with van der Waals surface area (Å²) in [6.07, 6.45) is 1.56. The van der Waals surface area contributed by atoms with Crippen LogP contribution < -0.4 is 5.32 Å². The summed E-state index contributed by atoms with van der Waals surface area (Å²) in [4.78, 5) is 24.1. The van der Waals surface area contributed by atoms with E-state index in [1.165, 1.54) is 10.7 Å². The van der Waals surface area contributed by atoms with Gasteiger partial charge in [-0.25, -0.2) is 9.48 Å². The number of aliphatic carboxylic acids is 1. The van der Waals surface area contributed by atoms with Gasteiger partial charge in [0.15, 0.2) is 11.7 Å². The van der Waals surface area contributed by atoms with Gasteiger partial charge in [-0.05, 0) is 36.8 Å². The number of hydrogen-bond acceptors (Lipinski definition) is 3. The molecule has 2 aromatic carbocycles. The fourth-order valence-corrected chi connectivity index (χ4v) is 3.08. The summed E-state index contributed by atoms with van der Waals surface area (Å²) in [5, 5.41) is 17.0. The molecule has 0 aliphatic heterocycles. The summed E-state index contributed by atoms with van der Waals surface area (Å²) >= 11 is 12.0. The van der Waals surface area contributed by atoms with E-state index in [0.717, 1.165) is 5.56 Å². The van der Waals surface area contributed by atoms with Crippen LogP contribution in [-0.4, -0.2) is 26.8 Å². The highest BCUT2D eigenvalue weighted by atomic mass is 35.5. The maximum atomic E-state index is 12.5. The fourth-order valence-electron chi connectivity index (χ4n) is 2.59. The molecule has 6 nitrogen and oxygen atoms in total. The molecule has 1 aromatic heterocycles. The highest BCUT2D eigenvalue weighted by Crippen LogP contribution is 2.24. The van der Waals surface area contributed by atoms with Crippen molar-refractivity contribution in [1.82, 2.24) is 15.1 Å². The summed E-state index contributed by atoms with van der Waals surface area (Å²) in [5.74, 6) is -1.76. The second-order valence-corrected chi connectivity index (χ2v) is 6.74. The number of carboxylic acid groups (broad SMARTS) is 1. The SMILES string of the molecule is Cc1cccc(C(NC(=O)c2ccn(-c3ccc(Cl)cc3Cl)n2)C(=O)O)c1. The number of amides is 1. The first kappa shape index (κ1) is 18.9. The molecule has 8 heteroatoms. The molecule has 0 aliphatic carbocycles. The monoisotopic (exact) mass is 403 g/mol. The van der Waals surface area contributed by atoms with Gasteiger partial charge < -0.3 is 10.4 Å². The number of benzene rings is 2. The first-order valence-corrected chi connectivity index (χ1v) is 8.72. The molecule has 0 fully saturated rings. The van der Waals surface area contributed by atoms with Crippen LogP contribution in [0, 0.1) is 6.92 Å². The van der Waals surface area contributed by atoms with Crippen molar-refractivity contribution in [1.29, 1.82) is 0 Å². The lowest BCUT2D eigenvalue weighted by molar-refractivity contribution is -0.139. The van der Waals surface area contributed by atoms with Crippen LogP contribution in [0.25, 0.3) is 5.69 Å². The lowest BCUT2D eigenvalue weighted by Gasteiger charge is -2.14. The summed E-state index contributed by atoms with van der Waals surface area (Å²) < 4.78 is 1.43. The molecule has 27 heavy (non-hydrogen) atoms. The lowest BCUT2D eigenvalue weighted by Crippen LogP contribution is -2.34. The average Bonchev–Trinajstić information content (AvgIpc) is 3.09. The van der Waals surface area contributed by atoms with Crippen LogP contribution in [-0.2, 0) is 4.79 Å². The van der Waals surface area contributed by atoms with Gasteiger partial charge in [0, 0.05) is 11.2 Å². The number of halogens is 2. The Labute approximate surface area is 165 Å². The van der Waals surface area contributed by atoms with Crippen molar-refractivity contribution >= 4 is 35.1 Å². The number of rotatable bonds is 5. The van der Waals surface area contributed by atoms with Crippen molar-refractivity contribution in [2.75, 3.05) is 0 Å². The van der Waals surface area contributed by atoms with E-state index in [1.54, 1.807) is 42.6 Å². The molecule has 0 spiro atoms. The molecule has 138 valence electrons. The molecule has 0 saturated carbocycles. The zero-order valence-corrected chi connectivity index (χ0v) is 15.7. The molecule has 1 amide bonds.